The van der Waals surface area contributed by atoms with E-state index >= 15 is 0 Å². The number of hydrogen-bond donors (Lipinski definition) is 5. The lowest BCUT2D eigenvalue weighted by Crippen LogP contribution is -2.58. The number of amides is 4. The number of carbonyl (C=O) groups is 4. The van der Waals surface area contributed by atoms with Crippen molar-refractivity contribution in [3.63, 3.8) is 0 Å². The Hall–Kier alpha value is -5.32. The number of benzene rings is 1. The highest BCUT2D eigenvalue weighted by Gasteiger charge is 2.40. The number of tetrazole rings is 2. The average molecular weight is 813 g/mol. The van der Waals surface area contributed by atoms with Gasteiger partial charge in [0.15, 0.2) is 0 Å². The average Bonchev–Trinajstić information content (AvgIpc) is 4.07. The third-order valence-corrected chi connectivity index (χ3v) is 10.6. The molecule has 58 heavy (non-hydrogen) atoms. The summed E-state index contributed by atoms with van der Waals surface area (Å²) in [6.07, 6.45) is 1.19. The van der Waals surface area contributed by atoms with Gasteiger partial charge in [-0.05, 0) is 100 Å². The Morgan fingerprint density at radius 2 is 1.29 bits per heavy atom. The van der Waals surface area contributed by atoms with Crippen molar-refractivity contribution in [1.82, 2.24) is 71.5 Å². The van der Waals surface area contributed by atoms with E-state index in [0.717, 1.165) is 6.42 Å². The molecule has 4 amide bonds. The number of carbonyl (C=O) groups excluding carboxylic acids is 4. The first-order valence-electron chi connectivity index (χ1n) is 19.7. The van der Waals surface area contributed by atoms with Gasteiger partial charge in [-0.25, -0.2) is 9.89 Å². The Balaban J connectivity index is 1.22. The van der Waals surface area contributed by atoms with Gasteiger partial charge >= 0.3 is 11.7 Å². The number of likely N-dealkylation sites (tertiary alicyclic amines) is 2. The number of rotatable bonds is 21. The minimum atomic E-state index is -1.06. The van der Waals surface area contributed by atoms with Crippen molar-refractivity contribution in [2.24, 2.45) is 0 Å². The third-order valence-electron chi connectivity index (χ3n) is 10.6. The van der Waals surface area contributed by atoms with E-state index in [2.05, 4.69) is 52.3 Å². The fourth-order valence-corrected chi connectivity index (χ4v) is 6.94. The SMILES string of the molecule is CNC(C)C(=O)NC(C(=O)N1CCCC1Cn1nnnc1Oc1ccccc1)C(C)OCCOC(C)C(NC(=O)C(C)NC)C(=O)N1CCCC1Cn1nn[nH]c1=O. The summed E-state index contributed by atoms with van der Waals surface area (Å²) in [6, 6.07) is 5.42. The summed E-state index contributed by atoms with van der Waals surface area (Å²) in [7, 11) is 3.29. The van der Waals surface area contributed by atoms with E-state index in [1.807, 2.05) is 18.2 Å². The van der Waals surface area contributed by atoms with E-state index < -0.39 is 48.0 Å². The molecule has 2 aliphatic rings. The maximum Gasteiger partial charge on any atom is 0.361 e. The van der Waals surface area contributed by atoms with Crippen molar-refractivity contribution in [2.75, 3.05) is 40.4 Å². The number of hydrogen-bond acceptors (Lipinski definition) is 15. The maximum atomic E-state index is 14.3. The van der Waals surface area contributed by atoms with Crippen molar-refractivity contribution < 1.29 is 33.4 Å². The van der Waals surface area contributed by atoms with Gasteiger partial charge in [0.05, 0.1) is 62.7 Å². The zero-order valence-corrected chi connectivity index (χ0v) is 33.9. The highest BCUT2D eigenvalue weighted by molar-refractivity contribution is 5.91. The number of aromatic amines is 1. The van der Waals surface area contributed by atoms with Crippen LogP contribution in [0.5, 0.6) is 11.8 Å². The highest BCUT2D eigenvalue weighted by atomic mass is 16.5. The van der Waals surface area contributed by atoms with Crippen LogP contribution < -0.4 is 31.7 Å². The van der Waals surface area contributed by atoms with Crippen molar-refractivity contribution >= 4 is 23.6 Å². The molecule has 0 saturated carbocycles. The van der Waals surface area contributed by atoms with Crippen LogP contribution >= 0.6 is 0 Å². The fraction of sp³-hybridized carbons (Fsp3) is 0.667. The number of nitrogens with zero attached hydrogens (tertiary/aromatic N) is 9. The Kier molecular flexibility index (Phi) is 15.8. The molecule has 5 rings (SSSR count). The first-order chi connectivity index (χ1) is 27.9. The summed E-state index contributed by atoms with van der Waals surface area (Å²) in [6.45, 7) is 8.07. The Morgan fingerprint density at radius 1 is 0.776 bits per heavy atom. The second-order valence-electron chi connectivity index (χ2n) is 14.5. The minimum absolute atomic E-state index is 0.00209. The summed E-state index contributed by atoms with van der Waals surface area (Å²) in [5.74, 6) is -0.877. The zero-order chi connectivity index (χ0) is 41.8. The van der Waals surface area contributed by atoms with Crippen LogP contribution in [0.3, 0.4) is 0 Å². The standard InChI is InChI=1S/C36H56N14O8/c1-22(37-5)31(51)39-29(33(53)47-16-10-12-26(47)20-49-35(55)41-43-45-49)24(3)56-18-19-57-25(4)30(40-32(52)23(2)38-6)34(54)48-17-11-13-27(48)21-50-36(42-44-46-50)58-28-14-8-7-9-15-28/h7-9,14-15,22-27,29-30,37-38H,10-13,16-21H2,1-6H3,(H,39,51)(H,40,52)(H,41,45,55). The van der Waals surface area contributed by atoms with Gasteiger partial charge in [-0.15, -0.1) is 0 Å². The van der Waals surface area contributed by atoms with Crippen LogP contribution in [0.15, 0.2) is 35.1 Å². The van der Waals surface area contributed by atoms with E-state index in [-0.39, 0.29) is 62.1 Å². The van der Waals surface area contributed by atoms with Gasteiger partial charge in [-0.3, -0.25) is 19.2 Å². The van der Waals surface area contributed by atoms with E-state index in [0.29, 0.717) is 38.1 Å². The molecule has 2 saturated heterocycles. The Labute approximate surface area is 336 Å². The molecule has 2 aliphatic heterocycles. The summed E-state index contributed by atoms with van der Waals surface area (Å²) in [5, 5.41) is 33.0. The van der Waals surface area contributed by atoms with E-state index in [4.69, 9.17) is 14.2 Å². The van der Waals surface area contributed by atoms with E-state index in [1.165, 1.54) is 9.36 Å². The minimum Gasteiger partial charge on any atom is -0.423 e. The van der Waals surface area contributed by atoms with Crippen LogP contribution in [-0.4, -0.2) is 163 Å². The van der Waals surface area contributed by atoms with E-state index in [1.54, 1.807) is 63.7 Å². The highest BCUT2D eigenvalue weighted by Crippen LogP contribution is 2.25. The molecule has 22 nitrogen and oxygen atoms in total. The van der Waals surface area contributed by atoms with Crippen molar-refractivity contribution in [3.05, 3.63) is 40.8 Å². The number of likely N-dealkylation sites (N-methyl/N-ethyl adjacent to an activating group) is 2. The smallest absolute Gasteiger partial charge is 0.361 e. The van der Waals surface area contributed by atoms with Gasteiger partial charge in [-0.2, -0.15) is 9.36 Å². The predicted molar refractivity (Wildman–Crippen MR) is 206 cm³/mol. The first-order valence-corrected chi connectivity index (χ1v) is 19.7. The van der Waals surface area contributed by atoms with Gasteiger partial charge in [-0.1, -0.05) is 23.3 Å². The molecule has 8 atom stereocenters. The molecule has 2 fully saturated rings. The molecule has 4 heterocycles. The molecule has 5 N–H and O–H groups in total. The number of H-pyrrole nitrogens is 1. The first kappa shape index (κ1) is 43.8. The second kappa shape index (κ2) is 20.9. The molecular weight excluding hydrogens is 756 g/mol. The van der Waals surface area contributed by atoms with Crippen LogP contribution in [0, 0.1) is 0 Å². The second-order valence-corrected chi connectivity index (χ2v) is 14.5. The summed E-state index contributed by atoms with van der Waals surface area (Å²) in [5.41, 5.74) is -0.481. The molecule has 0 aliphatic carbocycles. The number of para-hydroxylation sites is 1. The third kappa shape index (κ3) is 11.2. The van der Waals surface area contributed by atoms with Crippen LogP contribution in [-0.2, 0) is 41.7 Å². The quantitative estimate of drug-likeness (QED) is 0.0761. The summed E-state index contributed by atoms with van der Waals surface area (Å²) < 4.78 is 20.8. The van der Waals surface area contributed by atoms with Crippen molar-refractivity contribution in [2.45, 2.75) is 115 Å². The van der Waals surface area contributed by atoms with Crippen LogP contribution in [0.4, 0.5) is 0 Å². The summed E-state index contributed by atoms with van der Waals surface area (Å²) >= 11 is 0. The maximum absolute atomic E-state index is 14.3. The Morgan fingerprint density at radius 3 is 1.78 bits per heavy atom. The molecule has 318 valence electrons. The largest absolute Gasteiger partial charge is 0.423 e. The lowest BCUT2D eigenvalue weighted by molar-refractivity contribution is -0.144. The fourth-order valence-electron chi connectivity index (χ4n) is 6.94. The number of aromatic nitrogens is 8. The molecule has 0 radical (unpaired) electrons. The lowest BCUT2D eigenvalue weighted by Gasteiger charge is -2.33. The van der Waals surface area contributed by atoms with Crippen LogP contribution in [0.25, 0.3) is 0 Å². The van der Waals surface area contributed by atoms with Gasteiger partial charge in [0.25, 0.3) is 0 Å². The molecule has 3 aromatic rings. The number of ether oxygens (including phenoxy) is 3. The van der Waals surface area contributed by atoms with E-state index in [9.17, 15) is 24.0 Å². The zero-order valence-electron chi connectivity index (χ0n) is 33.9. The summed E-state index contributed by atoms with van der Waals surface area (Å²) in [4.78, 5) is 69.9. The normalized spacial score (nSPS) is 19.9. The number of nitrogens with one attached hydrogen (secondary N) is 5. The predicted octanol–water partition coefficient (Wildman–Crippen LogP) is -1.58. The van der Waals surface area contributed by atoms with Gasteiger partial charge in [0.1, 0.15) is 17.8 Å². The lowest BCUT2D eigenvalue weighted by atomic mass is 10.1. The molecule has 2 aromatic heterocycles. The van der Waals surface area contributed by atoms with Crippen molar-refractivity contribution in [1.29, 1.82) is 0 Å². The molecular formula is C36H56N14O8. The molecule has 0 bridgehead atoms. The van der Waals surface area contributed by atoms with Gasteiger partial charge in [0.2, 0.25) is 23.6 Å². The van der Waals surface area contributed by atoms with Crippen LogP contribution in [0.1, 0.15) is 53.4 Å². The Bertz CT molecular complexity index is 1860. The molecule has 22 heteroatoms. The molecule has 1 aromatic carbocycles. The molecule has 8 unspecified atom stereocenters. The van der Waals surface area contributed by atoms with Gasteiger partial charge < -0.3 is 45.3 Å². The monoisotopic (exact) mass is 812 g/mol. The van der Waals surface area contributed by atoms with Crippen molar-refractivity contribution in [3.8, 4) is 11.8 Å². The topological polar surface area (TPSA) is 258 Å². The molecule has 0 spiro atoms. The van der Waals surface area contributed by atoms with Gasteiger partial charge in [0, 0.05) is 13.1 Å². The van der Waals surface area contributed by atoms with Crippen LogP contribution in [0.2, 0.25) is 0 Å².